The highest BCUT2D eigenvalue weighted by molar-refractivity contribution is 7.47. The summed E-state index contributed by atoms with van der Waals surface area (Å²) >= 11 is 0. The van der Waals surface area contributed by atoms with Gasteiger partial charge in [0.1, 0.15) is 6.61 Å². The summed E-state index contributed by atoms with van der Waals surface area (Å²) < 4.78 is 33.4. The monoisotopic (exact) mass is 742 g/mol. The van der Waals surface area contributed by atoms with Gasteiger partial charge in [-0.25, -0.2) is 4.57 Å². The van der Waals surface area contributed by atoms with Gasteiger partial charge in [0.2, 0.25) is 0 Å². The Labute approximate surface area is 312 Å². The maximum atomic E-state index is 12.6. The summed E-state index contributed by atoms with van der Waals surface area (Å²) in [5.74, 6) is -0.830. The van der Waals surface area contributed by atoms with Gasteiger partial charge in [0.15, 0.2) is 6.10 Å². The number of hydrogen-bond acceptors (Lipinski definition) is 8. The molecular formula is C41H76NO8P. The fraction of sp³-hybridized carbons (Fsp3) is 0.805. The van der Waals surface area contributed by atoms with Crippen molar-refractivity contribution in [3.8, 4) is 0 Å². The molecule has 1 N–H and O–H groups in total. The van der Waals surface area contributed by atoms with Crippen molar-refractivity contribution in [2.24, 2.45) is 0 Å². The average Bonchev–Trinajstić information content (AvgIpc) is 3.09. The Kier molecular flexibility index (Phi) is 35.3. The van der Waals surface area contributed by atoms with Crippen molar-refractivity contribution >= 4 is 19.8 Å². The minimum Gasteiger partial charge on any atom is -0.462 e. The molecule has 0 amide bonds. The number of rotatable bonds is 37. The van der Waals surface area contributed by atoms with E-state index >= 15 is 0 Å². The van der Waals surface area contributed by atoms with Crippen molar-refractivity contribution in [1.82, 2.24) is 4.90 Å². The summed E-state index contributed by atoms with van der Waals surface area (Å²) in [6, 6.07) is 0. The standard InChI is InChI=1S/C41H76NO8P/c1-5-7-9-11-13-15-17-19-20-22-24-26-28-30-32-34-41(44)50-39(38-49-51(45,46)48-36-35-42(3)4)37-47-40(43)33-31-29-27-25-23-21-18-16-14-12-10-8-6-2/h13,15-16,18-20,39H,5-12,14,17,21-38H2,1-4H3,(H,45,46)/b15-13-,18-16-,20-19-. The Bertz CT molecular complexity index is 952. The van der Waals surface area contributed by atoms with Crippen LogP contribution in [0.1, 0.15) is 168 Å². The normalized spacial score (nSPS) is 13.8. The number of likely N-dealkylation sites (N-methyl/N-ethyl adjacent to an activating group) is 1. The lowest BCUT2D eigenvalue weighted by molar-refractivity contribution is -0.161. The van der Waals surface area contributed by atoms with Gasteiger partial charge in [0, 0.05) is 19.4 Å². The molecule has 0 radical (unpaired) electrons. The Morgan fingerprint density at radius 1 is 0.608 bits per heavy atom. The number of esters is 2. The number of carbonyl (C=O) groups excluding carboxylic acids is 2. The summed E-state index contributed by atoms with van der Waals surface area (Å²) in [6.07, 6.45) is 37.5. The first-order chi connectivity index (χ1) is 24.7. The second kappa shape index (κ2) is 36.6. The molecule has 0 saturated carbocycles. The van der Waals surface area contributed by atoms with Crippen LogP contribution in [0.25, 0.3) is 0 Å². The van der Waals surface area contributed by atoms with Crippen molar-refractivity contribution in [2.75, 3.05) is 40.5 Å². The molecule has 0 rings (SSSR count). The molecule has 51 heavy (non-hydrogen) atoms. The first-order valence-corrected chi connectivity index (χ1v) is 21.8. The first-order valence-electron chi connectivity index (χ1n) is 20.3. The SMILES string of the molecule is CCCCC/C=C\C/C=C\CCCCCCCC(=O)OC(COC(=O)CCCCCCC/C=C\CCCCCC)COP(=O)(O)OCCN(C)C. The van der Waals surface area contributed by atoms with E-state index in [2.05, 4.69) is 50.3 Å². The van der Waals surface area contributed by atoms with E-state index in [1.54, 1.807) is 0 Å². The molecule has 0 heterocycles. The van der Waals surface area contributed by atoms with Crippen LogP contribution in [0.2, 0.25) is 0 Å². The van der Waals surface area contributed by atoms with Crippen molar-refractivity contribution in [3.05, 3.63) is 36.5 Å². The molecule has 0 aromatic carbocycles. The molecule has 0 fully saturated rings. The third kappa shape index (κ3) is 37.8. The van der Waals surface area contributed by atoms with Crippen LogP contribution >= 0.6 is 7.82 Å². The molecule has 2 atom stereocenters. The van der Waals surface area contributed by atoms with E-state index in [9.17, 15) is 19.0 Å². The zero-order chi connectivity index (χ0) is 37.7. The highest BCUT2D eigenvalue weighted by atomic mass is 31.2. The summed E-state index contributed by atoms with van der Waals surface area (Å²) in [5, 5.41) is 0. The maximum Gasteiger partial charge on any atom is 0.472 e. The third-order valence-corrected chi connectivity index (χ3v) is 9.40. The molecule has 298 valence electrons. The van der Waals surface area contributed by atoms with Gasteiger partial charge in [0.05, 0.1) is 13.2 Å². The van der Waals surface area contributed by atoms with E-state index in [1.807, 2.05) is 19.0 Å². The lowest BCUT2D eigenvalue weighted by Crippen LogP contribution is -2.29. The second-order valence-electron chi connectivity index (χ2n) is 13.8. The van der Waals surface area contributed by atoms with Gasteiger partial charge in [-0.1, -0.05) is 121 Å². The molecule has 2 unspecified atom stereocenters. The predicted molar refractivity (Wildman–Crippen MR) is 211 cm³/mol. The van der Waals surface area contributed by atoms with E-state index in [-0.39, 0.29) is 32.0 Å². The second-order valence-corrected chi connectivity index (χ2v) is 15.3. The van der Waals surface area contributed by atoms with Gasteiger partial charge in [0.25, 0.3) is 0 Å². The van der Waals surface area contributed by atoms with Crippen LogP contribution in [0.15, 0.2) is 36.5 Å². The number of phosphoric acid groups is 1. The van der Waals surface area contributed by atoms with Crippen LogP contribution in [-0.2, 0) is 32.7 Å². The molecule has 9 nitrogen and oxygen atoms in total. The molecule has 0 aliphatic rings. The average molecular weight is 742 g/mol. The molecule has 0 aliphatic carbocycles. The van der Waals surface area contributed by atoms with Gasteiger partial charge in [-0.15, -0.1) is 0 Å². The number of unbranched alkanes of at least 4 members (excludes halogenated alkanes) is 17. The van der Waals surface area contributed by atoms with Crippen molar-refractivity contribution < 1.29 is 37.6 Å². The first kappa shape index (κ1) is 49.2. The quantitative estimate of drug-likeness (QED) is 0.0288. The lowest BCUT2D eigenvalue weighted by atomic mass is 10.1. The van der Waals surface area contributed by atoms with Crippen LogP contribution in [0, 0.1) is 0 Å². The van der Waals surface area contributed by atoms with Crippen LogP contribution in [0.3, 0.4) is 0 Å². The zero-order valence-electron chi connectivity index (χ0n) is 33.0. The summed E-state index contributed by atoms with van der Waals surface area (Å²) in [6.45, 7) is 4.24. The Morgan fingerprint density at radius 3 is 1.61 bits per heavy atom. The number of hydrogen-bond donors (Lipinski definition) is 1. The number of carbonyl (C=O) groups is 2. The van der Waals surface area contributed by atoms with Gasteiger partial charge in [-0.05, 0) is 84.7 Å². The van der Waals surface area contributed by atoms with Crippen LogP contribution in [-0.4, -0.2) is 68.3 Å². The summed E-state index contributed by atoms with van der Waals surface area (Å²) in [5.41, 5.74) is 0. The molecule has 10 heteroatoms. The van der Waals surface area contributed by atoms with Crippen molar-refractivity contribution in [2.45, 2.75) is 174 Å². The largest absolute Gasteiger partial charge is 0.472 e. The summed E-state index contributed by atoms with van der Waals surface area (Å²) in [7, 11) is -0.723. The number of ether oxygens (including phenoxy) is 2. The Morgan fingerprint density at radius 2 is 1.06 bits per heavy atom. The predicted octanol–water partition coefficient (Wildman–Crippen LogP) is 11.2. The van der Waals surface area contributed by atoms with Crippen LogP contribution in [0.5, 0.6) is 0 Å². The van der Waals surface area contributed by atoms with Crippen LogP contribution < -0.4 is 0 Å². The molecule has 0 saturated heterocycles. The van der Waals surface area contributed by atoms with E-state index in [4.69, 9.17) is 18.5 Å². The molecule has 0 aromatic heterocycles. The number of nitrogens with zero attached hydrogens (tertiary/aromatic N) is 1. The van der Waals surface area contributed by atoms with Crippen LogP contribution in [0.4, 0.5) is 0 Å². The molecule has 0 aromatic rings. The van der Waals surface area contributed by atoms with Crippen molar-refractivity contribution in [1.29, 1.82) is 0 Å². The van der Waals surface area contributed by atoms with Crippen molar-refractivity contribution in [3.63, 3.8) is 0 Å². The van der Waals surface area contributed by atoms with E-state index in [1.165, 1.54) is 57.8 Å². The highest BCUT2D eigenvalue weighted by Crippen LogP contribution is 2.43. The fourth-order valence-electron chi connectivity index (χ4n) is 5.24. The maximum absolute atomic E-state index is 12.6. The third-order valence-electron chi connectivity index (χ3n) is 8.42. The Hall–Kier alpha value is -1.77. The highest BCUT2D eigenvalue weighted by Gasteiger charge is 2.26. The molecule has 0 bridgehead atoms. The van der Waals surface area contributed by atoms with Gasteiger partial charge < -0.3 is 19.3 Å². The number of phosphoric ester groups is 1. The van der Waals surface area contributed by atoms with E-state index < -0.39 is 26.5 Å². The summed E-state index contributed by atoms with van der Waals surface area (Å²) in [4.78, 5) is 36.9. The fourth-order valence-corrected chi connectivity index (χ4v) is 5.98. The molecule has 0 aliphatic heterocycles. The molecule has 0 spiro atoms. The van der Waals surface area contributed by atoms with Gasteiger partial charge in [-0.3, -0.25) is 18.6 Å². The minimum atomic E-state index is -4.36. The lowest BCUT2D eigenvalue weighted by Gasteiger charge is -2.20. The topological polar surface area (TPSA) is 112 Å². The zero-order valence-corrected chi connectivity index (χ0v) is 33.9. The van der Waals surface area contributed by atoms with Gasteiger partial charge in [-0.2, -0.15) is 0 Å². The minimum absolute atomic E-state index is 0.00285. The Balaban J connectivity index is 4.38. The smallest absolute Gasteiger partial charge is 0.462 e. The number of allylic oxidation sites excluding steroid dienone is 6. The molecular weight excluding hydrogens is 665 g/mol. The van der Waals surface area contributed by atoms with E-state index in [0.717, 1.165) is 77.0 Å². The van der Waals surface area contributed by atoms with Gasteiger partial charge >= 0.3 is 19.8 Å². The van der Waals surface area contributed by atoms with E-state index in [0.29, 0.717) is 13.0 Å².